The summed E-state index contributed by atoms with van der Waals surface area (Å²) in [4.78, 5) is 46.0. The van der Waals surface area contributed by atoms with Crippen LogP contribution in [0.5, 0.6) is 0 Å². The summed E-state index contributed by atoms with van der Waals surface area (Å²) in [7, 11) is 1.33. The lowest BCUT2D eigenvalue weighted by molar-refractivity contribution is -0.137. The number of hydrogen-bond acceptors (Lipinski definition) is 5. The Hall–Kier alpha value is -4.04. The predicted molar refractivity (Wildman–Crippen MR) is 141 cm³/mol. The normalized spacial score (nSPS) is 18.9. The molecule has 3 aromatic rings. The van der Waals surface area contributed by atoms with Gasteiger partial charge in [-0.25, -0.2) is 13.8 Å². The average Bonchev–Trinajstić information content (AvgIpc) is 3.58. The minimum atomic E-state index is -4.93. The molecular weight excluding hydrogens is 587 g/mol. The Morgan fingerprint density at radius 1 is 1.07 bits per heavy atom. The van der Waals surface area contributed by atoms with E-state index in [1.54, 1.807) is 0 Å². The van der Waals surface area contributed by atoms with Crippen molar-refractivity contribution >= 4 is 35.1 Å². The molecule has 2 aliphatic rings. The highest BCUT2D eigenvalue weighted by molar-refractivity contribution is 6.31. The maximum atomic E-state index is 14.4. The molecule has 222 valence electrons. The van der Waals surface area contributed by atoms with E-state index < -0.39 is 58.7 Å². The van der Waals surface area contributed by atoms with Crippen LogP contribution in [-0.4, -0.2) is 58.9 Å². The van der Waals surface area contributed by atoms with E-state index in [1.807, 2.05) is 4.90 Å². The Kier molecular flexibility index (Phi) is 7.94. The van der Waals surface area contributed by atoms with Crippen LogP contribution < -0.4 is 16.0 Å². The smallest absolute Gasteiger partial charge is 0.352 e. The van der Waals surface area contributed by atoms with Crippen molar-refractivity contribution in [3.8, 4) is 0 Å². The first kappa shape index (κ1) is 29.5. The van der Waals surface area contributed by atoms with Crippen LogP contribution in [0.3, 0.4) is 0 Å². The monoisotopic (exact) mass is 610 g/mol. The van der Waals surface area contributed by atoms with Crippen molar-refractivity contribution < 1.29 is 36.3 Å². The highest BCUT2D eigenvalue weighted by Crippen LogP contribution is 2.39. The topological polar surface area (TPSA) is 108 Å². The number of alkyl halides is 3. The number of benzene rings is 2. The highest BCUT2D eigenvalue weighted by atomic mass is 35.5. The van der Waals surface area contributed by atoms with Gasteiger partial charge in [0.1, 0.15) is 17.7 Å². The number of halogens is 6. The van der Waals surface area contributed by atoms with Crippen LogP contribution in [0.1, 0.15) is 62.7 Å². The first-order valence-corrected chi connectivity index (χ1v) is 13.3. The Morgan fingerprint density at radius 2 is 1.79 bits per heavy atom. The van der Waals surface area contributed by atoms with Crippen molar-refractivity contribution in [2.24, 2.45) is 0 Å². The first-order chi connectivity index (χ1) is 19.9. The number of amides is 3. The molecular formula is C27H24ClF5N6O3. The van der Waals surface area contributed by atoms with Gasteiger partial charge in [0.15, 0.2) is 5.82 Å². The molecule has 0 aliphatic carbocycles. The minimum Gasteiger partial charge on any atom is -0.352 e. The van der Waals surface area contributed by atoms with Gasteiger partial charge in [0.05, 0.1) is 17.3 Å². The molecule has 3 heterocycles. The molecule has 2 aromatic carbocycles. The Bertz CT molecular complexity index is 1570. The summed E-state index contributed by atoms with van der Waals surface area (Å²) in [5, 5.41) is 7.61. The zero-order valence-electron chi connectivity index (χ0n) is 22.0. The fraction of sp³-hybridized carbons (Fsp3) is 0.333. The SMILES string of the molecule is CNC(=O)c1nc(NC(=O)c2cc(F)cc(C(F)(F)F)c2)c2n1[C@@H](CN1CCCC1)C(=O)NC2c1cc(F)ccc1Cl. The van der Waals surface area contributed by atoms with Crippen molar-refractivity contribution in [1.29, 1.82) is 0 Å². The number of fused-ring (bicyclic) bond motifs is 1. The van der Waals surface area contributed by atoms with E-state index in [4.69, 9.17) is 11.6 Å². The van der Waals surface area contributed by atoms with Gasteiger partial charge in [-0.15, -0.1) is 0 Å². The van der Waals surface area contributed by atoms with Gasteiger partial charge in [0.25, 0.3) is 11.8 Å². The van der Waals surface area contributed by atoms with E-state index in [1.165, 1.54) is 17.7 Å². The molecule has 1 aromatic heterocycles. The summed E-state index contributed by atoms with van der Waals surface area (Å²) in [6.45, 7) is 1.58. The van der Waals surface area contributed by atoms with Gasteiger partial charge >= 0.3 is 6.18 Å². The number of nitrogens with zero attached hydrogens (tertiary/aromatic N) is 3. The number of rotatable bonds is 6. The molecule has 5 rings (SSSR count). The zero-order valence-corrected chi connectivity index (χ0v) is 22.7. The van der Waals surface area contributed by atoms with Gasteiger partial charge in [-0.1, -0.05) is 11.6 Å². The maximum absolute atomic E-state index is 14.4. The van der Waals surface area contributed by atoms with Gasteiger partial charge in [0.2, 0.25) is 11.7 Å². The lowest BCUT2D eigenvalue weighted by Crippen LogP contribution is -2.48. The standard InChI is InChI=1S/C27H24ClF5N6O3/c1-34-26(42)23-36-22(37-24(40)13-8-14(27(31,32)33)10-16(30)9-13)21-20(17-11-15(29)4-5-18(17)28)35-25(41)19(39(21)23)12-38-6-2-3-7-38/h4-5,8-11,19-20H,2-3,6-7,12H2,1H3,(H,34,42)(H,35,41)(H,37,40)/t19-,20?/m0/s1. The third-order valence-electron chi connectivity index (χ3n) is 7.17. The summed E-state index contributed by atoms with van der Waals surface area (Å²) in [6.07, 6.45) is -3.11. The zero-order chi connectivity index (χ0) is 30.3. The number of likely N-dealkylation sites (tertiary alicyclic amines) is 1. The summed E-state index contributed by atoms with van der Waals surface area (Å²) in [6, 6.07) is 2.53. The molecule has 1 unspecified atom stereocenters. The number of carbonyl (C=O) groups excluding carboxylic acids is 3. The first-order valence-electron chi connectivity index (χ1n) is 12.9. The third-order valence-corrected chi connectivity index (χ3v) is 7.51. The summed E-state index contributed by atoms with van der Waals surface area (Å²) in [5.41, 5.74) is -1.94. The van der Waals surface area contributed by atoms with E-state index in [2.05, 4.69) is 20.9 Å². The molecule has 0 bridgehead atoms. The van der Waals surface area contributed by atoms with Crippen molar-refractivity contribution in [3.05, 3.63) is 81.3 Å². The van der Waals surface area contributed by atoms with E-state index in [9.17, 15) is 36.3 Å². The van der Waals surface area contributed by atoms with Crippen LogP contribution >= 0.6 is 11.6 Å². The van der Waals surface area contributed by atoms with Gasteiger partial charge in [-0.05, 0) is 62.3 Å². The highest BCUT2D eigenvalue weighted by Gasteiger charge is 2.42. The molecule has 2 atom stereocenters. The summed E-state index contributed by atoms with van der Waals surface area (Å²) in [5.74, 6) is -5.00. The molecule has 9 nitrogen and oxygen atoms in total. The van der Waals surface area contributed by atoms with Crippen LogP contribution in [0, 0.1) is 11.6 Å². The summed E-state index contributed by atoms with van der Waals surface area (Å²) < 4.78 is 69.7. The Labute approximate surface area is 241 Å². The van der Waals surface area contributed by atoms with Crippen LogP contribution in [-0.2, 0) is 11.0 Å². The fourth-order valence-electron chi connectivity index (χ4n) is 5.22. The third kappa shape index (κ3) is 5.68. The molecule has 15 heteroatoms. The second-order valence-electron chi connectivity index (χ2n) is 9.93. The second kappa shape index (κ2) is 11.3. The van der Waals surface area contributed by atoms with Crippen molar-refractivity contribution in [1.82, 2.24) is 25.1 Å². The average molecular weight is 611 g/mol. The number of imidazole rings is 1. The Morgan fingerprint density at radius 3 is 2.45 bits per heavy atom. The quantitative estimate of drug-likeness (QED) is 0.361. The molecule has 1 fully saturated rings. The molecule has 3 amide bonds. The van der Waals surface area contributed by atoms with Crippen LogP contribution in [0.2, 0.25) is 5.02 Å². The lowest BCUT2D eigenvalue weighted by atomic mass is 9.98. The van der Waals surface area contributed by atoms with Gasteiger partial charge in [-0.3, -0.25) is 14.4 Å². The molecule has 0 saturated carbocycles. The minimum absolute atomic E-state index is 0.0331. The number of aromatic nitrogens is 2. The molecule has 2 aliphatic heterocycles. The van der Waals surface area contributed by atoms with Gasteiger partial charge in [0, 0.05) is 29.7 Å². The predicted octanol–water partition coefficient (Wildman–Crippen LogP) is 4.30. The van der Waals surface area contributed by atoms with Crippen molar-refractivity contribution in [3.63, 3.8) is 0 Å². The summed E-state index contributed by atoms with van der Waals surface area (Å²) >= 11 is 6.38. The van der Waals surface area contributed by atoms with E-state index in [0.29, 0.717) is 25.2 Å². The fourth-order valence-corrected chi connectivity index (χ4v) is 5.45. The van der Waals surface area contributed by atoms with Gasteiger partial charge < -0.3 is 25.4 Å². The van der Waals surface area contributed by atoms with E-state index in [-0.39, 0.29) is 40.5 Å². The number of hydrogen-bond donors (Lipinski definition) is 3. The van der Waals surface area contributed by atoms with E-state index >= 15 is 0 Å². The van der Waals surface area contributed by atoms with Gasteiger partial charge in [-0.2, -0.15) is 13.2 Å². The number of carbonyl (C=O) groups is 3. The molecule has 0 radical (unpaired) electrons. The van der Waals surface area contributed by atoms with Crippen molar-refractivity contribution in [2.45, 2.75) is 31.1 Å². The molecule has 3 N–H and O–H groups in total. The lowest BCUT2D eigenvalue weighted by Gasteiger charge is -2.35. The second-order valence-corrected chi connectivity index (χ2v) is 10.3. The van der Waals surface area contributed by atoms with Crippen molar-refractivity contribution in [2.75, 3.05) is 32.0 Å². The molecule has 1 saturated heterocycles. The Balaban J connectivity index is 1.67. The number of anilines is 1. The van der Waals surface area contributed by atoms with Crippen LogP contribution in [0.4, 0.5) is 27.8 Å². The van der Waals surface area contributed by atoms with E-state index in [0.717, 1.165) is 25.0 Å². The largest absolute Gasteiger partial charge is 0.416 e. The van der Waals surface area contributed by atoms with Crippen LogP contribution in [0.25, 0.3) is 0 Å². The molecule has 0 spiro atoms. The molecule has 42 heavy (non-hydrogen) atoms. The maximum Gasteiger partial charge on any atom is 0.416 e. The number of nitrogens with one attached hydrogen (secondary N) is 3. The van der Waals surface area contributed by atoms with Crippen LogP contribution in [0.15, 0.2) is 36.4 Å².